The minimum atomic E-state index is -0.360. The number of hydrogen-bond acceptors (Lipinski definition) is 2. The number of aliphatic hydroxyl groups excluding tert-OH is 1. The normalized spacial score (nSPS) is 23.1. The first-order chi connectivity index (χ1) is 7.70. The molecule has 0 spiro atoms. The number of aryl methyl sites for hydroxylation is 2. The number of piperidine rings is 1. The summed E-state index contributed by atoms with van der Waals surface area (Å²) in [5, 5.41) is 13.9. The number of benzene rings is 1. The average Bonchev–Trinajstić information content (AvgIpc) is 2.30. The van der Waals surface area contributed by atoms with E-state index in [0.717, 1.165) is 18.5 Å². The van der Waals surface area contributed by atoms with Crippen molar-refractivity contribution in [3.63, 3.8) is 0 Å². The molecule has 16 heavy (non-hydrogen) atoms. The predicted molar refractivity (Wildman–Crippen MR) is 66.5 cm³/mol. The highest BCUT2D eigenvalue weighted by Gasteiger charge is 2.24. The summed E-state index contributed by atoms with van der Waals surface area (Å²) in [6, 6.07) is 6.44. The van der Waals surface area contributed by atoms with E-state index in [9.17, 15) is 5.11 Å². The Balaban J connectivity index is 2.22. The summed E-state index contributed by atoms with van der Waals surface area (Å²) in [4.78, 5) is 0. The van der Waals surface area contributed by atoms with Crippen molar-refractivity contribution in [2.75, 3.05) is 6.54 Å². The molecule has 1 heterocycles. The smallest absolute Gasteiger partial charge is 0.0948 e. The van der Waals surface area contributed by atoms with Crippen LogP contribution in [0.2, 0.25) is 0 Å². The third-order valence-electron chi connectivity index (χ3n) is 3.57. The third-order valence-corrected chi connectivity index (χ3v) is 3.57. The summed E-state index contributed by atoms with van der Waals surface area (Å²) in [7, 11) is 0. The number of aliphatic hydroxyl groups is 1. The Morgan fingerprint density at radius 3 is 2.50 bits per heavy atom. The molecule has 1 saturated heterocycles. The van der Waals surface area contributed by atoms with Crippen molar-refractivity contribution in [1.82, 2.24) is 5.32 Å². The molecule has 2 unspecified atom stereocenters. The highest BCUT2D eigenvalue weighted by atomic mass is 16.3. The highest BCUT2D eigenvalue weighted by Crippen LogP contribution is 2.27. The van der Waals surface area contributed by atoms with E-state index in [2.05, 4.69) is 37.4 Å². The Kier molecular flexibility index (Phi) is 3.62. The molecular formula is C14H21NO. The molecule has 0 aliphatic carbocycles. The zero-order chi connectivity index (χ0) is 11.5. The molecule has 1 fully saturated rings. The van der Waals surface area contributed by atoms with Crippen molar-refractivity contribution in [1.29, 1.82) is 0 Å². The maximum Gasteiger partial charge on any atom is 0.0948 e. The Labute approximate surface area is 97.7 Å². The molecule has 0 radical (unpaired) electrons. The van der Waals surface area contributed by atoms with Gasteiger partial charge >= 0.3 is 0 Å². The van der Waals surface area contributed by atoms with Crippen LogP contribution in [0.1, 0.15) is 42.1 Å². The molecule has 0 aromatic heterocycles. The SMILES string of the molecule is Cc1cccc(C)c1C(O)C1CCCCN1. The summed E-state index contributed by atoms with van der Waals surface area (Å²) in [5.74, 6) is 0. The van der Waals surface area contributed by atoms with Crippen molar-refractivity contribution < 1.29 is 5.11 Å². The highest BCUT2D eigenvalue weighted by molar-refractivity contribution is 5.36. The van der Waals surface area contributed by atoms with Crippen LogP contribution in [0, 0.1) is 13.8 Å². The van der Waals surface area contributed by atoms with Gasteiger partial charge in [-0.1, -0.05) is 24.6 Å². The third kappa shape index (κ3) is 2.28. The largest absolute Gasteiger partial charge is 0.387 e. The molecule has 1 aromatic rings. The van der Waals surface area contributed by atoms with Gasteiger partial charge in [0.25, 0.3) is 0 Å². The van der Waals surface area contributed by atoms with Crippen molar-refractivity contribution >= 4 is 0 Å². The van der Waals surface area contributed by atoms with Crippen LogP contribution in [0.3, 0.4) is 0 Å². The zero-order valence-corrected chi connectivity index (χ0v) is 10.2. The summed E-state index contributed by atoms with van der Waals surface area (Å²) in [6.07, 6.45) is 3.17. The fourth-order valence-corrected chi connectivity index (χ4v) is 2.64. The number of nitrogens with one attached hydrogen (secondary N) is 1. The van der Waals surface area contributed by atoms with Gasteiger partial charge in [0.1, 0.15) is 0 Å². The van der Waals surface area contributed by atoms with Gasteiger partial charge in [0.15, 0.2) is 0 Å². The summed E-state index contributed by atoms with van der Waals surface area (Å²) in [6.45, 7) is 5.19. The second-order valence-electron chi connectivity index (χ2n) is 4.81. The van der Waals surface area contributed by atoms with E-state index in [1.807, 2.05) is 0 Å². The lowest BCUT2D eigenvalue weighted by Crippen LogP contribution is -2.39. The van der Waals surface area contributed by atoms with E-state index in [1.165, 1.54) is 24.0 Å². The van der Waals surface area contributed by atoms with Gasteiger partial charge in [0.05, 0.1) is 6.10 Å². The molecule has 2 atom stereocenters. The summed E-state index contributed by atoms with van der Waals surface area (Å²) >= 11 is 0. The molecule has 1 aliphatic rings. The van der Waals surface area contributed by atoms with Gasteiger partial charge in [0, 0.05) is 6.04 Å². The molecule has 88 valence electrons. The van der Waals surface area contributed by atoms with Crippen LogP contribution < -0.4 is 5.32 Å². The van der Waals surface area contributed by atoms with Crippen LogP contribution in [0.15, 0.2) is 18.2 Å². The first kappa shape index (κ1) is 11.6. The van der Waals surface area contributed by atoms with E-state index in [4.69, 9.17) is 0 Å². The molecule has 2 rings (SSSR count). The van der Waals surface area contributed by atoms with E-state index >= 15 is 0 Å². The fourth-order valence-electron chi connectivity index (χ4n) is 2.64. The Morgan fingerprint density at radius 1 is 1.25 bits per heavy atom. The lowest BCUT2D eigenvalue weighted by atomic mass is 9.90. The van der Waals surface area contributed by atoms with Crippen molar-refractivity contribution in [2.24, 2.45) is 0 Å². The van der Waals surface area contributed by atoms with Crippen molar-refractivity contribution in [3.8, 4) is 0 Å². The molecule has 0 amide bonds. The van der Waals surface area contributed by atoms with Crippen LogP contribution in [0.5, 0.6) is 0 Å². The van der Waals surface area contributed by atoms with Gasteiger partial charge in [0.2, 0.25) is 0 Å². The topological polar surface area (TPSA) is 32.3 Å². The van der Waals surface area contributed by atoms with E-state index in [1.54, 1.807) is 0 Å². The van der Waals surface area contributed by atoms with Gasteiger partial charge in [-0.15, -0.1) is 0 Å². The number of rotatable bonds is 2. The van der Waals surface area contributed by atoms with Gasteiger partial charge in [-0.25, -0.2) is 0 Å². The lowest BCUT2D eigenvalue weighted by molar-refractivity contribution is 0.112. The van der Waals surface area contributed by atoms with Crippen molar-refractivity contribution in [2.45, 2.75) is 45.3 Å². The first-order valence-electron chi connectivity index (χ1n) is 6.17. The molecule has 2 nitrogen and oxygen atoms in total. The summed E-state index contributed by atoms with van der Waals surface area (Å²) in [5.41, 5.74) is 3.50. The Morgan fingerprint density at radius 2 is 1.94 bits per heavy atom. The first-order valence-corrected chi connectivity index (χ1v) is 6.17. The lowest BCUT2D eigenvalue weighted by Gasteiger charge is -2.30. The van der Waals surface area contributed by atoms with Crippen LogP contribution in [0.4, 0.5) is 0 Å². The monoisotopic (exact) mass is 219 g/mol. The van der Waals surface area contributed by atoms with Gasteiger partial charge in [-0.05, 0) is 49.9 Å². The number of hydrogen-bond donors (Lipinski definition) is 2. The molecule has 0 saturated carbocycles. The zero-order valence-electron chi connectivity index (χ0n) is 10.2. The summed E-state index contributed by atoms with van der Waals surface area (Å²) < 4.78 is 0. The van der Waals surface area contributed by atoms with Crippen molar-refractivity contribution in [3.05, 3.63) is 34.9 Å². The van der Waals surface area contributed by atoms with E-state index < -0.39 is 0 Å². The average molecular weight is 219 g/mol. The Bertz CT molecular complexity index is 336. The van der Waals surface area contributed by atoms with E-state index in [0.29, 0.717) is 0 Å². The molecule has 0 bridgehead atoms. The molecule has 2 N–H and O–H groups in total. The van der Waals surface area contributed by atoms with Gasteiger partial charge < -0.3 is 10.4 Å². The second kappa shape index (κ2) is 4.98. The van der Waals surface area contributed by atoms with E-state index in [-0.39, 0.29) is 12.1 Å². The maximum atomic E-state index is 10.4. The van der Waals surface area contributed by atoms with Crippen LogP contribution >= 0.6 is 0 Å². The second-order valence-corrected chi connectivity index (χ2v) is 4.81. The van der Waals surface area contributed by atoms with Crippen LogP contribution in [-0.4, -0.2) is 17.7 Å². The van der Waals surface area contributed by atoms with Gasteiger partial charge in [-0.2, -0.15) is 0 Å². The van der Waals surface area contributed by atoms with Crippen LogP contribution in [-0.2, 0) is 0 Å². The molecule has 1 aliphatic heterocycles. The quantitative estimate of drug-likeness (QED) is 0.801. The molecule has 2 heteroatoms. The molecule has 1 aromatic carbocycles. The predicted octanol–water partition coefficient (Wildman–Crippen LogP) is 2.48. The minimum absolute atomic E-state index is 0.230. The molecular weight excluding hydrogens is 198 g/mol. The minimum Gasteiger partial charge on any atom is -0.387 e. The Hall–Kier alpha value is -0.860. The standard InChI is InChI=1S/C14H21NO/c1-10-6-5-7-11(2)13(10)14(16)12-8-3-4-9-15-12/h5-7,12,14-16H,3-4,8-9H2,1-2H3. The van der Waals surface area contributed by atoms with Gasteiger partial charge in [-0.3, -0.25) is 0 Å². The maximum absolute atomic E-state index is 10.4. The fraction of sp³-hybridized carbons (Fsp3) is 0.571. The van der Waals surface area contributed by atoms with Crippen LogP contribution in [0.25, 0.3) is 0 Å².